The van der Waals surface area contributed by atoms with Crippen LogP contribution in [0.15, 0.2) is 47.6 Å². The van der Waals surface area contributed by atoms with Gasteiger partial charge in [-0.25, -0.2) is 5.43 Å². The first kappa shape index (κ1) is 18.3. The van der Waals surface area contributed by atoms with Crippen molar-refractivity contribution in [2.24, 2.45) is 5.10 Å². The smallest absolute Gasteiger partial charge is 0.271 e. The van der Waals surface area contributed by atoms with Gasteiger partial charge in [-0.3, -0.25) is 4.79 Å². The Morgan fingerprint density at radius 2 is 1.96 bits per heavy atom. The lowest BCUT2D eigenvalue weighted by Crippen LogP contribution is -2.17. The molecule has 0 fully saturated rings. The zero-order valence-corrected chi connectivity index (χ0v) is 14.4. The number of aromatic hydroxyl groups is 1. The van der Waals surface area contributed by atoms with E-state index in [9.17, 15) is 9.90 Å². The van der Waals surface area contributed by atoms with Gasteiger partial charge in [0.1, 0.15) is 5.75 Å². The Morgan fingerprint density at radius 3 is 2.64 bits per heavy atom. The fraction of sp³-hybridized carbons (Fsp3) is 0.263. The molecule has 0 aliphatic carbocycles. The molecule has 6 heteroatoms. The van der Waals surface area contributed by atoms with E-state index in [1.165, 1.54) is 30.5 Å². The number of unbranched alkanes of at least 4 members (excludes halogenated alkanes) is 1. The largest absolute Gasteiger partial charge is 0.508 e. The molecule has 0 aromatic heterocycles. The molecule has 0 saturated heterocycles. The number of nitrogens with zero attached hydrogens (tertiary/aromatic N) is 1. The van der Waals surface area contributed by atoms with Gasteiger partial charge in [0.05, 0.1) is 19.9 Å². The Balaban J connectivity index is 1.98. The first-order valence-electron chi connectivity index (χ1n) is 8.07. The minimum atomic E-state index is -0.359. The summed E-state index contributed by atoms with van der Waals surface area (Å²) < 4.78 is 11.0. The molecule has 0 saturated carbocycles. The first-order chi connectivity index (χ1) is 12.1. The van der Waals surface area contributed by atoms with Gasteiger partial charge in [-0.2, -0.15) is 5.10 Å². The molecule has 0 spiro atoms. The molecular formula is C19H22N2O4. The van der Waals surface area contributed by atoms with Crippen LogP contribution in [0.1, 0.15) is 35.7 Å². The number of carbonyl (C=O) groups is 1. The number of methoxy groups -OCH3 is 1. The normalized spacial score (nSPS) is 10.6. The predicted molar refractivity (Wildman–Crippen MR) is 96.6 cm³/mol. The summed E-state index contributed by atoms with van der Waals surface area (Å²) >= 11 is 0. The molecule has 6 nitrogen and oxygen atoms in total. The molecule has 0 atom stereocenters. The Morgan fingerprint density at radius 1 is 1.20 bits per heavy atom. The summed E-state index contributed by atoms with van der Waals surface area (Å²) in [5, 5.41) is 13.2. The maximum absolute atomic E-state index is 11.9. The summed E-state index contributed by atoms with van der Waals surface area (Å²) in [6.07, 6.45) is 3.57. The number of ether oxygens (including phenoxy) is 2. The molecule has 25 heavy (non-hydrogen) atoms. The summed E-state index contributed by atoms with van der Waals surface area (Å²) in [6, 6.07) is 11.4. The third kappa shape index (κ3) is 5.53. The van der Waals surface area contributed by atoms with Crippen LogP contribution < -0.4 is 14.9 Å². The average molecular weight is 342 g/mol. The number of phenolic OH excluding ortho intramolecular Hbond substituents is 1. The minimum Gasteiger partial charge on any atom is -0.508 e. The lowest BCUT2D eigenvalue weighted by Gasteiger charge is -2.10. The monoisotopic (exact) mass is 342 g/mol. The van der Waals surface area contributed by atoms with E-state index < -0.39 is 0 Å². The van der Waals surface area contributed by atoms with Crippen LogP contribution in [0.25, 0.3) is 0 Å². The van der Waals surface area contributed by atoms with Crippen LogP contribution in [-0.4, -0.2) is 30.9 Å². The number of phenols is 1. The van der Waals surface area contributed by atoms with Crippen molar-refractivity contribution in [1.29, 1.82) is 0 Å². The maximum Gasteiger partial charge on any atom is 0.271 e. The standard InChI is InChI=1S/C19H22N2O4/c1-3-4-11-25-17-10-5-14(12-18(17)24-2)13-20-21-19(23)15-6-8-16(22)9-7-15/h5-10,12-13,22H,3-4,11H2,1-2H3,(H,21,23)/b20-13+. The summed E-state index contributed by atoms with van der Waals surface area (Å²) in [5.41, 5.74) is 3.62. The van der Waals surface area contributed by atoms with E-state index in [2.05, 4.69) is 17.5 Å². The molecule has 1 amide bonds. The number of carbonyl (C=O) groups excluding carboxylic acids is 1. The number of amides is 1. The molecule has 2 N–H and O–H groups in total. The van der Waals surface area contributed by atoms with Crippen LogP contribution in [0, 0.1) is 0 Å². The number of rotatable bonds is 8. The van der Waals surface area contributed by atoms with Crippen molar-refractivity contribution >= 4 is 12.1 Å². The Hall–Kier alpha value is -3.02. The molecule has 0 unspecified atom stereocenters. The number of nitrogens with one attached hydrogen (secondary N) is 1. The lowest BCUT2D eigenvalue weighted by atomic mass is 10.2. The van der Waals surface area contributed by atoms with Crippen molar-refractivity contribution in [2.45, 2.75) is 19.8 Å². The van der Waals surface area contributed by atoms with Gasteiger partial charge in [-0.1, -0.05) is 13.3 Å². The molecule has 132 valence electrons. The van der Waals surface area contributed by atoms with E-state index in [4.69, 9.17) is 9.47 Å². The van der Waals surface area contributed by atoms with Gasteiger partial charge in [-0.15, -0.1) is 0 Å². The van der Waals surface area contributed by atoms with Crippen LogP contribution in [0.5, 0.6) is 17.2 Å². The van der Waals surface area contributed by atoms with E-state index in [1.807, 2.05) is 12.1 Å². The second-order valence-corrected chi connectivity index (χ2v) is 5.36. The molecule has 2 aromatic rings. The fourth-order valence-corrected chi connectivity index (χ4v) is 2.05. The first-order valence-corrected chi connectivity index (χ1v) is 8.07. The highest BCUT2D eigenvalue weighted by Gasteiger charge is 2.06. The van der Waals surface area contributed by atoms with Crippen LogP contribution in [0.3, 0.4) is 0 Å². The average Bonchev–Trinajstić information content (AvgIpc) is 2.63. The minimum absolute atomic E-state index is 0.105. The number of hydrazone groups is 1. The highest BCUT2D eigenvalue weighted by molar-refractivity contribution is 5.95. The Kier molecular flexibility index (Phi) is 6.83. The summed E-state index contributed by atoms with van der Waals surface area (Å²) in [7, 11) is 1.58. The topological polar surface area (TPSA) is 80.2 Å². The van der Waals surface area contributed by atoms with Crippen molar-refractivity contribution in [2.75, 3.05) is 13.7 Å². The number of hydrogen-bond donors (Lipinski definition) is 2. The molecule has 2 aromatic carbocycles. The van der Waals surface area contributed by atoms with Crippen LogP contribution in [0.2, 0.25) is 0 Å². The van der Waals surface area contributed by atoms with Crippen molar-refractivity contribution < 1.29 is 19.4 Å². The second kappa shape index (κ2) is 9.32. The zero-order valence-electron chi connectivity index (χ0n) is 14.4. The summed E-state index contributed by atoms with van der Waals surface area (Å²) in [5.74, 6) is 1.04. The van der Waals surface area contributed by atoms with Gasteiger partial charge in [0, 0.05) is 5.56 Å². The molecule has 0 radical (unpaired) electrons. The SMILES string of the molecule is CCCCOc1ccc(/C=N/NC(=O)c2ccc(O)cc2)cc1OC. The summed E-state index contributed by atoms with van der Waals surface area (Å²) in [4.78, 5) is 11.9. The molecular weight excluding hydrogens is 320 g/mol. The molecule has 0 aliphatic rings. The third-order valence-corrected chi connectivity index (χ3v) is 3.45. The van der Waals surface area contributed by atoms with E-state index in [0.717, 1.165) is 18.4 Å². The van der Waals surface area contributed by atoms with Crippen molar-refractivity contribution in [3.63, 3.8) is 0 Å². The van der Waals surface area contributed by atoms with Gasteiger partial charge in [0.25, 0.3) is 5.91 Å². The molecule has 0 aliphatic heterocycles. The van der Waals surface area contributed by atoms with Gasteiger partial charge in [0.2, 0.25) is 0 Å². The second-order valence-electron chi connectivity index (χ2n) is 5.36. The van der Waals surface area contributed by atoms with Gasteiger partial charge in [-0.05, 0) is 54.4 Å². The van der Waals surface area contributed by atoms with Gasteiger partial charge < -0.3 is 14.6 Å². The van der Waals surface area contributed by atoms with E-state index in [1.54, 1.807) is 13.2 Å². The zero-order chi connectivity index (χ0) is 18.1. The van der Waals surface area contributed by atoms with Crippen molar-refractivity contribution in [3.8, 4) is 17.2 Å². The van der Waals surface area contributed by atoms with Gasteiger partial charge in [0.15, 0.2) is 11.5 Å². The highest BCUT2D eigenvalue weighted by atomic mass is 16.5. The molecule has 0 bridgehead atoms. The van der Waals surface area contributed by atoms with Crippen molar-refractivity contribution in [3.05, 3.63) is 53.6 Å². The van der Waals surface area contributed by atoms with E-state index >= 15 is 0 Å². The van der Waals surface area contributed by atoms with Crippen LogP contribution >= 0.6 is 0 Å². The van der Waals surface area contributed by atoms with Crippen LogP contribution in [-0.2, 0) is 0 Å². The van der Waals surface area contributed by atoms with E-state index in [0.29, 0.717) is 23.7 Å². The lowest BCUT2D eigenvalue weighted by molar-refractivity contribution is 0.0955. The number of benzene rings is 2. The molecule has 2 rings (SSSR count). The highest BCUT2D eigenvalue weighted by Crippen LogP contribution is 2.27. The Labute approximate surface area is 147 Å². The number of hydrogen-bond acceptors (Lipinski definition) is 5. The fourth-order valence-electron chi connectivity index (χ4n) is 2.05. The maximum atomic E-state index is 11.9. The van der Waals surface area contributed by atoms with Gasteiger partial charge >= 0.3 is 0 Å². The Bertz CT molecular complexity index is 727. The van der Waals surface area contributed by atoms with E-state index in [-0.39, 0.29) is 11.7 Å². The quantitative estimate of drug-likeness (QED) is 0.438. The molecule has 0 heterocycles. The predicted octanol–water partition coefficient (Wildman–Crippen LogP) is 3.34. The third-order valence-electron chi connectivity index (χ3n) is 3.45. The summed E-state index contributed by atoms with van der Waals surface area (Å²) in [6.45, 7) is 2.75. The van der Waals surface area contributed by atoms with Crippen molar-refractivity contribution in [1.82, 2.24) is 5.43 Å². The van der Waals surface area contributed by atoms with Crippen LogP contribution in [0.4, 0.5) is 0 Å².